The van der Waals surface area contributed by atoms with Crippen molar-refractivity contribution in [3.8, 4) is 0 Å². The van der Waals surface area contributed by atoms with Crippen molar-refractivity contribution in [3.05, 3.63) is 58.6 Å². The molecule has 1 unspecified atom stereocenters. The van der Waals surface area contributed by atoms with Gasteiger partial charge >= 0.3 is 0 Å². The highest BCUT2D eigenvalue weighted by Crippen LogP contribution is 2.21. The van der Waals surface area contributed by atoms with Crippen LogP contribution in [0, 0.1) is 0 Å². The Hall–Kier alpha value is -1.45. The summed E-state index contributed by atoms with van der Waals surface area (Å²) in [6.45, 7) is 1.08. The van der Waals surface area contributed by atoms with Crippen LogP contribution in [-0.2, 0) is 6.42 Å². The first-order chi connectivity index (χ1) is 9.31. The van der Waals surface area contributed by atoms with Gasteiger partial charge in [0.15, 0.2) is 0 Å². The van der Waals surface area contributed by atoms with Crippen LogP contribution in [0.15, 0.2) is 36.7 Å². The molecule has 1 fully saturated rings. The molecule has 3 nitrogen and oxygen atoms in total. The van der Waals surface area contributed by atoms with Crippen molar-refractivity contribution in [1.29, 1.82) is 0 Å². The third kappa shape index (κ3) is 3.11. The highest BCUT2D eigenvalue weighted by molar-refractivity contribution is 6.30. The fraction of sp³-hybridized carbons (Fsp3) is 0.333. The smallest absolute Gasteiger partial charge is 0.0759 e. The van der Waals surface area contributed by atoms with Gasteiger partial charge in [-0.1, -0.05) is 23.7 Å². The van der Waals surface area contributed by atoms with Crippen molar-refractivity contribution in [3.63, 3.8) is 0 Å². The maximum Gasteiger partial charge on any atom is 0.0759 e. The van der Waals surface area contributed by atoms with E-state index in [1.165, 1.54) is 12.0 Å². The standard InChI is InChI=1S/C15H16ClN3/c16-12-5-3-11(4-6-12)8-13-9-17-10-15(19-13)14-2-1-7-18-14/h3-6,9-10,14,18H,1-2,7-8H2. The molecular formula is C15H16ClN3. The number of nitrogens with zero attached hydrogens (tertiary/aromatic N) is 2. The molecule has 0 amide bonds. The average Bonchev–Trinajstić information content (AvgIpc) is 2.96. The third-order valence-electron chi connectivity index (χ3n) is 3.42. The van der Waals surface area contributed by atoms with Crippen LogP contribution >= 0.6 is 11.6 Å². The van der Waals surface area contributed by atoms with Gasteiger partial charge in [0.1, 0.15) is 0 Å². The summed E-state index contributed by atoms with van der Waals surface area (Å²) in [6, 6.07) is 8.26. The summed E-state index contributed by atoms with van der Waals surface area (Å²) >= 11 is 5.89. The van der Waals surface area contributed by atoms with Crippen molar-refractivity contribution in [2.75, 3.05) is 6.54 Å². The Kier molecular flexibility index (Phi) is 3.76. The summed E-state index contributed by atoms with van der Waals surface area (Å²) in [5, 5.41) is 4.21. The molecule has 3 rings (SSSR count). The van der Waals surface area contributed by atoms with E-state index in [1.54, 1.807) is 0 Å². The van der Waals surface area contributed by atoms with E-state index in [2.05, 4.69) is 10.3 Å². The van der Waals surface area contributed by atoms with Crippen molar-refractivity contribution in [2.24, 2.45) is 0 Å². The number of hydrogen-bond acceptors (Lipinski definition) is 3. The van der Waals surface area contributed by atoms with E-state index < -0.39 is 0 Å². The van der Waals surface area contributed by atoms with Gasteiger partial charge in [-0.25, -0.2) is 0 Å². The first-order valence-electron chi connectivity index (χ1n) is 6.60. The van der Waals surface area contributed by atoms with Crippen LogP contribution in [0.5, 0.6) is 0 Å². The van der Waals surface area contributed by atoms with Crippen LogP contribution < -0.4 is 5.32 Å². The molecule has 1 aromatic heterocycles. The summed E-state index contributed by atoms with van der Waals surface area (Å²) in [5.74, 6) is 0. The van der Waals surface area contributed by atoms with Gasteiger partial charge < -0.3 is 5.32 Å². The summed E-state index contributed by atoms with van der Waals surface area (Å²) in [6.07, 6.45) is 6.87. The molecule has 0 spiro atoms. The van der Waals surface area contributed by atoms with E-state index in [-0.39, 0.29) is 0 Å². The molecule has 1 aliphatic heterocycles. The Labute approximate surface area is 118 Å². The molecule has 98 valence electrons. The topological polar surface area (TPSA) is 37.8 Å². The minimum Gasteiger partial charge on any atom is -0.309 e. The van der Waals surface area contributed by atoms with Crippen LogP contribution in [0.3, 0.4) is 0 Å². The Morgan fingerprint density at radius 3 is 2.79 bits per heavy atom. The quantitative estimate of drug-likeness (QED) is 0.934. The van der Waals surface area contributed by atoms with Gasteiger partial charge in [0.2, 0.25) is 0 Å². The molecule has 0 saturated carbocycles. The lowest BCUT2D eigenvalue weighted by molar-refractivity contribution is 0.620. The molecule has 0 radical (unpaired) electrons. The van der Waals surface area contributed by atoms with Crippen molar-refractivity contribution < 1.29 is 0 Å². The predicted octanol–water partition coefficient (Wildman–Crippen LogP) is 3.15. The van der Waals surface area contributed by atoms with Crippen molar-refractivity contribution in [1.82, 2.24) is 15.3 Å². The molecule has 0 bridgehead atoms. The van der Waals surface area contributed by atoms with Gasteiger partial charge in [0, 0.05) is 23.8 Å². The van der Waals surface area contributed by atoms with Crippen LogP contribution in [0.2, 0.25) is 5.02 Å². The number of rotatable bonds is 3. The van der Waals surface area contributed by atoms with Crippen molar-refractivity contribution in [2.45, 2.75) is 25.3 Å². The first-order valence-corrected chi connectivity index (χ1v) is 6.98. The fourth-order valence-electron chi connectivity index (χ4n) is 2.42. The van der Waals surface area contributed by atoms with Gasteiger partial charge in [0.25, 0.3) is 0 Å². The molecule has 19 heavy (non-hydrogen) atoms. The second kappa shape index (κ2) is 5.68. The fourth-order valence-corrected chi connectivity index (χ4v) is 2.55. The molecule has 4 heteroatoms. The second-order valence-electron chi connectivity index (χ2n) is 4.89. The molecule has 1 N–H and O–H groups in total. The maximum atomic E-state index is 5.89. The van der Waals surface area contributed by atoms with Crippen molar-refractivity contribution >= 4 is 11.6 Å². The van der Waals surface area contributed by atoms with E-state index >= 15 is 0 Å². The third-order valence-corrected chi connectivity index (χ3v) is 3.67. The van der Waals surface area contributed by atoms with Crippen LogP contribution in [0.25, 0.3) is 0 Å². The van der Waals surface area contributed by atoms with E-state index in [0.717, 1.165) is 35.8 Å². The zero-order chi connectivity index (χ0) is 13.1. The number of benzene rings is 1. The minimum absolute atomic E-state index is 0.373. The lowest BCUT2D eigenvalue weighted by atomic mass is 10.1. The number of aromatic nitrogens is 2. The summed E-state index contributed by atoms with van der Waals surface area (Å²) in [4.78, 5) is 9.03. The zero-order valence-electron chi connectivity index (χ0n) is 10.6. The molecule has 1 saturated heterocycles. The monoisotopic (exact) mass is 273 g/mol. The maximum absolute atomic E-state index is 5.89. The summed E-state index contributed by atoms with van der Waals surface area (Å²) in [7, 11) is 0. The van der Waals surface area contributed by atoms with Gasteiger partial charge in [-0.2, -0.15) is 0 Å². The van der Waals surface area contributed by atoms with E-state index in [1.807, 2.05) is 36.7 Å². The Morgan fingerprint density at radius 2 is 2.05 bits per heavy atom. The molecule has 1 aromatic carbocycles. The largest absolute Gasteiger partial charge is 0.309 e. The van der Waals surface area contributed by atoms with E-state index in [9.17, 15) is 0 Å². The van der Waals surface area contributed by atoms with Crippen LogP contribution in [0.1, 0.15) is 35.8 Å². The van der Waals surface area contributed by atoms with E-state index in [4.69, 9.17) is 16.6 Å². The second-order valence-corrected chi connectivity index (χ2v) is 5.32. The highest BCUT2D eigenvalue weighted by Gasteiger charge is 2.17. The highest BCUT2D eigenvalue weighted by atomic mass is 35.5. The zero-order valence-corrected chi connectivity index (χ0v) is 11.4. The number of halogens is 1. The lowest BCUT2D eigenvalue weighted by Crippen LogP contribution is -2.15. The number of hydrogen-bond donors (Lipinski definition) is 1. The molecule has 2 heterocycles. The van der Waals surface area contributed by atoms with Gasteiger partial charge in [-0.15, -0.1) is 0 Å². The summed E-state index contributed by atoms with van der Waals surface area (Å²) in [5.41, 5.74) is 3.27. The average molecular weight is 274 g/mol. The first kappa shape index (κ1) is 12.6. The molecule has 0 aliphatic carbocycles. The SMILES string of the molecule is Clc1ccc(Cc2cncc(C3CCCN3)n2)cc1. The van der Waals surface area contributed by atoms with E-state index in [0.29, 0.717) is 6.04 Å². The Balaban J connectivity index is 1.77. The predicted molar refractivity (Wildman–Crippen MR) is 76.3 cm³/mol. The van der Waals surface area contributed by atoms with Crippen LogP contribution in [-0.4, -0.2) is 16.5 Å². The molecule has 1 atom stereocenters. The van der Waals surface area contributed by atoms with Crippen LogP contribution in [0.4, 0.5) is 0 Å². The normalized spacial score (nSPS) is 18.7. The van der Waals surface area contributed by atoms with Gasteiger partial charge in [-0.05, 0) is 37.1 Å². The van der Waals surface area contributed by atoms with Gasteiger partial charge in [0.05, 0.1) is 17.4 Å². The Morgan fingerprint density at radius 1 is 1.21 bits per heavy atom. The minimum atomic E-state index is 0.373. The number of nitrogens with one attached hydrogen (secondary N) is 1. The molecular weight excluding hydrogens is 258 g/mol. The molecule has 2 aromatic rings. The molecule has 1 aliphatic rings. The Bertz CT molecular complexity index is 548. The lowest BCUT2D eigenvalue weighted by Gasteiger charge is -2.10. The van der Waals surface area contributed by atoms with Gasteiger partial charge in [-0.3, -0.25) is 9.97 Å². The summed E-state index contributed by atoms with van der Waals surface area (Å²) < 4.78 is 0.